The van der Waals surface area contributed by atoms with Crippen LogP contribution in [0.25, 0.3) is 0 Å². The maximum Gasteiger partial charge on any atom is 0.343 e. The zero-order valence-corrected chi connectivity index (χ0v) is 19.0. The number of rotatable bonds is 8. The number of halogens is 3. The first-order chi connectivity index (χ1) is 14.0. The van der Waals surface area contributed by atoms with Crippen molar-refractivity contribution in [2.45, 2.75) is 31.6 Å². The monoisotopic (exact) mass is 469 g/mol. The molecule has 0 amide bonds. The number of nitrogens with zero attached hydrogens (tertiary/aromatic N) is 2. The van der Waals surface area contributed by atoms with E-state index in [0.717, 1.165) is 11.8 Å². The van der Waals surface area contributed by atoms with Gasteiger partial charge in [0, 0.05) is 11.9 Å². The zero-order valence-electron chi connectivity index (χ0n) is 16.7. The smallest absolute Gasteiger partial charge is 0.343 e. The van der Waals surface area contributed by atoms with Crippen LogP contribution in [0.3, 0.4) is 0 Å². The first kappa shape index (κ1) is 24.2. The molecule has 5 nitrogen and oxygen atoms in total. The molecule has 2 atom stereocenters. The minimum absolute atomic E-state index is 0.0397. The van der Waals surface area contributed by atoms with Crippen LogP contribution in [0, 0.1) is 11.7 Å². The Bertz CT molecular complexity index is 983. The number of aliphatic carboxylic acids is 1. The number of hydrogen-bond donors (Lipinski definition) is 2. The summed E-state index contributed by atoms with van der Waals surface area (Å²) in [7, 11) is 0. The molecule has 1 aromatic carbocycles. The summed E-state index contributed by atoms with van der Waals surface area (Å²) >= 11 is 12.7. The maximum atomic E-state index is 14.3. The Balaban J connectivity index is 2.73. The van der Waals surface area contributed by atoms with E-state index in [1.165, 1.54) is 18.3 Å². The molecule has 30 heavy (non-hydrogen) atoms. The van der Waals surface area contributed by atoms with Crippen molar-refractivity contribution in [1.82, 2.24) is 4.98 Å². The highest BCUT2D eigenvalue weighted by Gasteiger charge is 2.39. The summed E-state index contributed by atoms with van der Waals surface area (Å²) in [5.74, 6) is -2.00. The molecule has 0 fully saturated rings. The topological polar surface area (TPSA) is 88.6 Å². The molecule has 1 heterocycles. The third kappa shape index (κ3) is 5.14. The molecule has 0 aliphatic carbocycles. The molecule has 0 spiro atoms. The lowest BCUT2D eigenvalue weighted by atomic mass is 9.86. The van der Waals surface area contributed by atoms with E-state index in [0.29, 0.717) is 16.3 Å². The van der Waals surface area contributed by atoms with E-state index >= 15 is 0 Å². The molecule has 2 aromatic rings. The van der Waals surface area contributed by atoms with Gasteiger partial charge >= 0.3 is 5.97 Å². The van der Waals surface area contributed by atoms with Crippen molar-refractivity contribution in [3.05, 3.63) is 74.3 Å². The highest BCUT2D eigenvalue weighted by atomic mass is 35.5. The number of allylic oxidation sites excluding steroid dienone is 1. The molecular weight excluding hydrogens is 448 g/mol. The van der Waals surface area contributed by atoms with Gasteiger partial charge in [0.2, 0.25) is 0 Å². The average molecular weight is 470 g/mol. The molecule has 9 heteroatoms. The van der Waals surface area contributed by atoms with Crippen molar-refractivity contribution < 1.29 is 14.3 Å². The molecule has 0 bridgehead atoms. The molecule has 0 aliphatic rings. The molecule has 0 saturated carbocycles. The van der Waals surface area contributed by atoms with Gasteiger partial charge in [-0.1, -0.05) is 49.2 Å². The van der Waals surface area contributed by atoms with Gasteiger partial charge in [0.25, 0.3) is 0 Å². The van der Waals surface area contributed by atoms with E-state index in [-0.39, 0.29) is 21.5 Å². The van der Waals surface area contributed by atoms with E-state index in [4.69, 9.17) is 28.9 Å². The number of benzene rings is 1. The lowest BCUT2D eigenvalue weighted by Crippen LogP contribution is -2.28. The molecular formula is C21H22Cl2FN3O2S. The standard InChI is InChI=1S/C21H22Cl2FN3O2S/c1-11(2)17(25)18(20(28)29)30-19(12-5-7-14(22)15(24)9-12)21(3,26-4)13-6-8-16(23)27-10-13/h5-11,19H,4,25H2,1-3H3,(H,28,29)/b18-17-/t19?,21-/m0/s1. The van der Waals surface area contributed by atoms with Gasteiger partial charge in [0.05, 0.1) is 15.8 Å². The summed E-state index contributed by atoms with van der Waals surface area (Å²) in [6.45, 7) is 9.07. The second-order valence-electron chi connectivity index (χ2n) is 7.09. The fourth-order valence-electron chi connectivity index (χ4n) is 2.81. The summed E-state index contributed by atoms with van der Waals surface area (Å²) in [5, 5.41) is 9.35. The molecule has 1 unspecified atom stereocenters. The number of aliphatic imine (C=N–C) groups is 1. The number of nitrogens with two attached hydrogens (primary N) is 1. The number of carboxylic acids is 1. The third-order valence-electron chi connectivity index (χ3n) is 4.71. The van der Waals surface area contributed by atoms with Crippen molar-refractivity contribution in [1.29, 1.82) is 0 Å². The van der Waals surface area contributed by atoms with Gasteiger partial charge < -0.3 is 10.8 Å². The SMILES string of the molecule is C=N[C@@](C)(c1ccc(Cl)nc1)C(S/C(C(=O)O)=C(\N)C(C)C)c1ccc(Cl)c(F)c1. The predicted molar refractivity (Wildman–Crippen MR) is 122 cm³/mol. The van der Waals surface area contributed by atoms with Crippen molar-refractivity contribution in [3.8, 4) is 0 Å². The highest BCUT2D eigenvalue weighted by molar-refractivity contribution is 8.04. The van der Waals surface area contributed by atoms with Crippen LogP contribution in [-0.4, -0.2) is 22.8 Å². The molecule has 0 radical (unpaired) electrons. The van der Waals surface area contributed by atoms with Gasteiger partial charge in [-0.15, -0.1) is 11.8 Å². The Morgan fingerprint density at radius 1 is 1.33 bits per heavy atom. The summed E-state index contributed by atoms with van der Waals surface area (Å²) in [4.78, 5) is 20.4. The Hall–Kier alpha value is -2.09. The number of aromatic nitrogens is 1. The van der Waals surface area contributed by atoms with Gasteiger partial charge in [0.1, 0.15) is 15.9 Å². The normalized spacial score (nSPS) is 15.3. The number of pyridine rings is 1. The second-order valence-corrected chi connectivity index (χ2v) is 9.00. The third-order valence-corrected chi connectivity index (χ3v) is 6.85. The first-order valence-electron chi connectivity index (χ1n) is 8.95. The number of thioether (sulfide) groups is 1. The van der Waals surface area contributed by atoms with E-state index in [1.54, 1.807) is 39.0 Å². The van der Waals surface area contributed by atoms with Crippen molar-refractivity contribution in [2.75, 3.05) is 0 Å². The molecule has 0 saturated heterocycles. The minimum Gasteiger partial charge on any atom is -0.477 e. The summed E-state index contributed by atoms with van der Waals surface area (Å²) in [6.07, 6.45) is 1.53. The summed E-state index contributed by atoms with van der Waals surface area (Å²) in [5.41, 5.74) is 6.33. The van der Waals surface area contributed by atoms with Crippen LogP contribution in [-0.2, 0) is 10.3 Å². The zero-order chi connectivity index (χ0) is 22.6. The van der Waals surface area contributed by atoms with Crippen LogP contribution in [0.4, 0.5) is 4.39 Å². The van der Waals surface area contributed by atoms with Crippen LogP contribution in [0.1, 0.15) is 37.1 Å². The van der Waals surface area contributed by atoms with E-state index < -0.39 is 22.6 Å². The van der Waals surface area contributed by atoms with Crippen molar-refractivity contribution in [2.24, 2.45) is 16.6 Å². The quantitative estimate of drug-likeness (QED) is 0.288. The van der Waals surface area contributed by atoms with Gasteiger partial charge in [0.15, 0.2) is 0 Å². The molecule has 3 N–H and O–H groups in total. The summed E-state index contributed by atoms with van der Waals surface area (Å²) in [6, 6.07) is 7.62. The van der Waals surface area contributed by atoms with Gasteiger partial charge in [-0.2, -0.15) is 0 Å². The molecule has 1 aromatic heterocycles. The van der Waals surface area contributed by atoms with E-state index in [2.05, 4.69) is 16.7 Å². The Morgan fingerprint density at radius 3 is 2.47 bits per heavy atom. The molecule has 160 valence electrons. The van der Waals surface area contributed by atoms with Crippen LogP contribution in [0.15, 0.2) is 52.1 Å². The van der Waals surface area contributed by atoms with E-state index in [9.17, 15) is 14.3 Å². The van der Waals surface area contributed by atoms with Crippen LogP contribution >= 0.6 is 35.0 Å². The fourth-order valence-corrected chi connectivity index (χ4v) is 4.47. The lowest BCUT2D eigenvalue weighted by Gasteiger charge is -2.35. The van der Waals surface area contributed by atoms with Gasteiger partial charge in [-0.25, -0.2) is 14.2 Å². The first-order valence-corrected chi connectivity index (χ1v) is 10.6. The van der Waals surface area contributed by atoms with Crippen LogP contribution in [0.2, 0.25) is 10.2 Å². The number of hydrogen-bond acceptors (Lipinski definition) is 5. The largest absolute Gasteiger partial charge is 0.477 e. The Morgan fingerprint density at radius 2 is 2.00 bits per heavy atom. The average Bonchev–Trinajstić information content (AvgIpc) is 2.70. The van der Waals surface area contributed by atoms with Gasteiger partial charge in [-0.05, 0) is 48.9 Å². The van der Waals surface area contributed by atoms with Crippen molar-refractivity contribution >= 4 is 47.7 Å². The Labute approximate surface area is 189 Å². The second kappa shape index (κ2) is 9.81. The summed E-state index contributed by atoms with van der Waals surface area (Å²) < 4.78 is 14.3. The van der Waals surface area contributed by atoms with E-state index in [1.807, 2.05) is 0 Å². The Kier molecular flexibility index (Phi) is 7.91. The number of carbonyl (C=O) groups is 1. The fraction of sp³-hybridized carbons (Fsp3) is 0.286. The lowest BCUT2D eigenvalue weighted by molar-refractivity contribution is -0.131. The number of carboxylic acid groups (broad SMARTS) is 1. The molecule has 2 rings (SSSR count). The van der Waals surface area contributed by atoms with Crippen LogP contribution < -0.4 is 5.73 Å². The highest BCUT2D eigenvalue weighted by Crippen LogP contribution is 2.50. The maximum absolute atomic E-state index is 14.3. The predicted octanol–water partition coefficient (Wildman–Crippen LogP) is 5.83. The minimum atomic E-state index is -1.17. The van der Waals surface area contributed by atoms with Crippen molar-refractivity contribution in [3.63, 3.8) is 0 Å². The van der Waals surface area contributed by atoms with Gasteiger partial charge in [-0.3, -0.25) is 4.99 Å². The molecule has 0 aliphatic heterocycles. The van der Waals surface area contributed by atoms with Crippen LogP contribution in [0.5, 0.6) is 0 Å².